The summed E-state index contributed by atoms with van der Waals surface area (Å²) >= 11 is 0. The van der Waals surface area contributed by atoms with Crippen LogP contribution in [0.3, 0.4) is 0 Å². The van der Waals surface area contributed by atoms with Crippen molar-refractivity contribution in [2.75, 3.05) is 19.0 Å². The van der Waals surface area contributed by atoms with Gasteiger partial charge in [-0.1, -0.05) is 6.92 Å². The molecule has 0 aromatic heterocycles. The van der Waals surface area contributed by atoms with Gasteiger partial charge in [0.05, 0.1) is 11.9 Å². The predicted molar refractivity (Wildman–Crippen MR) is 50.5 cm³/mol. The molecule has 3 atom stereocenters. The van der Waals surface area contributed by atoms with E-state index in [9.17, 15) is 4.21 Å². The van der Waals surface area contributed by atoms with Gasteiger partial charge in [0.2, 0.25) is 0 Å². The maximum absolute atomic E-state index is 11.6. The lowest BCUT2D eigenvalue weighted by atomic mass is 10.3. The maximum Gasteiger partial charge on any atom is 0.0610 e. The third-order valence-corrected chi connectivity index (χ3v) is 4.03. The first-order valence-corrected chi connectivity index (χ1v) is 5.82. The first-order valence-electron chi connectivity index (χ1n) is 4.44. The lowest BCUT2D eigenvalue weighted by Gasteiger charge is -2.11. The van der Waals surface area contributed by atoms with Crippen LogP contribution in [0.5, 0.6) is 0 Å². The highest BCUT2D eigenvalue weighted by Gasteiger charge is 2.22. The third kappa shape index (κ3) is 2.84. The Hall–Kier alpha value is 0.0700. The standard InChI is InChI=1S/C8H17NO2S/c1-2-7(9)6-12(10)8-3-4-11-5-8/h7-8H,2-6,9H2,1H3. The van der Waals surface area contributed by atoms with Crippen LogP contribution in [0.2, 0.25) is 0 Å². The molecular weight excluding hydrogens is 174 g/mol. The van der Waals surface area contributed by atoms with E-state index in [1.165, 1.54) is 0 Å². The fraction of sp³-hybridized carbons (Fsp3) is 1.00. The van der Waals surface area contributed by atoms with Gasteiger partial charge in [0.25, 0.3) is 0 Å². The molecule has 0 spiro atoms. The number of hydrogen-bond donors (Lipinski definition) is 1. The van der Waals surface area contributed by atoms with Gasteiger partial charge in [-0.15, -0.1) is 0 Å². The second-order valence-corrected chi connectivity index (χ2v) is 4.96. The summed E-state index contributed by atoms with van der Waals surface area (Å²) in [7, 11) is -0.775. The largest absolute Gasteiger partial charge is 0.380 e. The number of rotatable bonds is 4. The van der Waals surface area contributed by atoms with Gasteiger partial charge in [-0.2, -0.15) is 0 Å². The normalized spacial score (nSPS) is 28.7. The van der Waals surface area contributed by atoms with Gasteiger partial charge in [-0.25, -0.2) is 0 Å². The van der Waals surface area contributed by atoms with Crippen molar-refractivity contribution in [1.82, 2.24) is 0 Å². The molecule has 0 saturated carbocycles. The average molecular weight is 191 g/mol. The monoisotopic (exact) mass is 191 g/mol. The van der Waals surface area contributed by atoms with E-state index in [1.807, 2.05) is 6.92 Å². The van der Waals surface area contributed by atoms with Crippen molar-refractivity contribution in [3.8, 4) is 0 Å². The van der Waals surface area contributed by atoms with Crippen LogP contribution in [0.25, 0.3) is 0 Å². The number of hydrogen-bond acceptors (Lipinski definition) is 3. The summed E-state index contributed by atoms with van der Waals surface area (Å²) in [6.45, 7) is 3.44. The van der Waals surface area contributed by atoms with Crippen molar-refractivity contribution in [3.63, 3.8) is 0 Å². The Morgan fingerprint density at radius 3 is 3.00 bits per heavy atom. The van der Waals surface area contributed by atoms with E-state index in [0.29, 0.717) is 12.4 Å². The van der Waals surface area contributed by atoms with Crippen LogP contribution in [-0.4, -0.2) is 34.5 Å². The molecule has 3 unspecified atom stereocenters. The van der Waals surface area contributed by atoms with Gasteiger partial charge in [0.1, 0.15) is 0 Å². The fourth-order valence-corrected chi connectivity index (χ4v) is 2.72. The number of ether oxygens (including phenoxy) is 1. The van der Waals surface area contributed by atoms with E-state index in [1.54, 1.807) is 0 Å². The Bertz CT molecular complexity index is 157. The summed E-state index contributed by atoms with van der Waals surface area (Å²) in [6, 6.07) is 0.0893. The lowest BCUT2D eigenvalue weighted by molar-refractivity contribution is 0.199. The average Bonchev–Trinajstić information content (AvgIpc) is 2.56. The van der Waals surface area contributed by atoms with Crippen molar-refractivity contribution in [3.05, 3.63) is 0 Å². The van der Waals surface area contributed by atoms with Crippen LogP contribution in [-0.2, 0) is 15.5 Å². The molecular formula is C8H17NO2S. The summed E-state index contributed by atoms with van der Waals surface area (Å²) in [6.07, 6.45) is 1.84. The van der Waals surface area contributed by atoms with Crippen LogP contribution < -0.4 is 5.73 Å². The van der Waals surface area contributed by atoms with Gasteiger partial charge >= 0.3 is 0 Å². The zero-order chi connectivity index (χ0) is 8.97. The van der Waals surface area contributed by atoms with Crippen LogP contribution in [0.15, 0.2) is 0 Å². The summed E-state index contributed by atoms with van der Waals surface area (Å²) in [5, 5.41) is 0.239. The summed E-state index contributed by atoms with van der Waals surface area (Å²) < 4.78 is 16.7. The molecule has 4 heteroatoms. The van der Waals surface area contributed by atoms with Crippen LogP contribution in [0.4, 0.5) is 0 Å². The van der Waals surface area contributed by atoms with Gasteiger partial charge in [0, 0.05) is 29.2 Å². The fourth-order valence-electron chi connectivity index (χ4n) is 1.19. The molecule has 0 aromatic rings. The smallest absolute Gasteiger partial charge is 0.0610 e. The molecule has 1 rings (SSSR count). The van der Waals surface area contributed by atoms with Crippen molar-refractivity contribution < 1.29 is 8.95 Å². The molecule has 12 heavy (non-hydrogen) atoms. The zero-order valence-corrected chi connectivity index (χ0v) is 8.31. The SMILES string of the molecule is CCC(N)CS(=O)C1CCOC1. The molecule has 1 aliphatic heterocycles. The molecule has 1 heterocycles. The van der Waals surface area contributed by atoms with Gasteiger partial charge in [-0.05, 0) is 12.8 Å². The van der Waals surface area contributed by atoms with Crippen molar-refractivity contribution >= 4 is 10.8 Å². The molecule has 1 saturated heterocycles. The molecule has 1 fully saturated rings. The van der Waals surface area contributed by atoms with Crippen molar-refractivity contribution in [2.45, 2.75) is 31.1 Å². The Kier molecular flexibility index (Phi) is 4.18. The molecule has 72 valence electrons. The van der Waals surface area contributed by atoms with Crippen LogP contribution >= 0.6 is 0 Å². The molecule has 3 nitrogen and oxygen atoms in total. The first-order chi connectivity index (χ1) is 5.74. The van der Waals surface area contributed by atoms with E-state index in [4.69, 9.17) is 10.5 Å². The molecule has 0 aliphatic carbocycles. The topological polar surface area (TPSA) is 52.3 Å². The second kappa shape index (κ2) is 4.94. The van der Waals surface area contributed by atoms with Crippen molar-refractivity contribution in [1.29, 1.82) is 0 Å². The maximum atomic E-state index is 11.6. The molecule has 2 N–H and O–H groups in total. The summed E-state index contributed by atoms with van der Waals surface area (Å²) in [5.41, 5.74) is 5.71. The molecule has 0 amide bonds. The third-order valence-electron chi connectivity index (χ3n) is 2.16. The summed E-state index contributed by atoms with van der Waals surface area (Å²) in [4.78, 5) is 0. The van der Waals surface area contributed by atoms with Crippen LogP contribution in [0, 0.1) is 0 Å². The molecule has 0 radical (unpaired) electrons. The van der Waals surface area contributed by atoms with E-state index in [2.05, 4.69) is 0 Å². The minimum atomic E-state index is -0.775. The molecule has 0 bridgehead atoms. The van der Waals surface area contributed by atoms with E-state index in [0.717, 1.165) is 19.4 Å². The van der Waals surface area contributed by atoms with Gasteiger partial charge in [0.15, 0.2) is 0 Å². The first kappa shape index (κ1) is 10.2. The highest BCUT2D eigenvalue weighted by Crippen LogP contribution is 2.11. The minimum absolute atomic E-state index is 0.0893. The summed E-state index contributed by atoms with van der Waals surface area (Å²) in [5.74, 6) is 0.629. The van der Waals surface area contributed by atoms with E-state index in [-0.39, 0.29) is 11.3 Å². The second-order valence-electron chi connectivity index (χ2n) is 3.20. The Morgan fingerprint density at radius 2 is 2.50 bits per heavy atom. The lowest BCUT2D eigenvalue weighted by Crippen LogP contribution is -2.30. The molecule has 0 aromatic carbocycles. The van der Waals surface area contributed by atoms with Crippen molar-refractivity contribution in [2.24, 2.45) is 5.73 Å². The highest BCUT2D eigenvalue weighted by atomic mass is 32.2. The quantitative estimate of drug-likeness (QED) is 0.693. The van der Waals surface area contributed by atoms with E-state index < -0.39 is 10.8 Å². The Morgan fingerprint density at radius 1 is 1.75 bits per heavy atom. The predicted octanol–water partition coefficient (Wildman–Crippen LogP) is 0.261. The van der Waals surface area contributed by atoms with E-state index >= 15 is 0 Å². The van der Waals surface area contributed by atoms with Crippen LogP contribution in [0.1, 0.15) is 19.8 Å². The minimum Gasteiger partial charge on any atom is -0.380 e. The molecule has 1 aliphatic rings. The highest BCUT2D eigenvalue weighted by molar-refractivity contribution is 7.85. The Balaban J connectivity index is 2.27. The number of nitrogens with two attached hydrogens (primary N) is 1. The Labute approximate surface area is 76.1 Å². The zero-order valence-electron chi connectivity index (χ0n) is 7.49. The van der Waals surface area contributed by atoms with Gasteiger partial charge < -0.3 is 10.5 Å². The van der Waals surface area contributed by atoms with Gasteiger partial charge in [-0.3, -0.25) is 4.21 Å².